The molecule has 0 unspecified atom stereocenters. The van der Waals surface area contributed by atoms with E-state index < -0.39 is 0 Å². The number of nitrogens with zero attached hydrogens (tertiary/aromatic N) is 3. The van der Waals surface area contributed by atoms with Gasteiger partial charge in [0.2, 0.25) is 5.95 Å². The lowest BCUT2D eigenvalue weighted by Crippen LogP contribution is -2.30. The van der Waals surface area contributed by atoms with Crippen LogP contribution in [-0.4, -0.2) is 21.4 Å². The van der Waals surface area contributed by atoms with Crippen molar-refractivity contribution < 1.29 is 0 Å². The number of benzene rings is 1. The summed E-state index contributed by atoms with van der Waals surface area (Å²) in [6.45, 7) is 2.82. The van der Waals surface area contributed by atoms with Crippen molar-refractivity contribution in [1.29, 1.82) is 0 Å². The molecule has 2 aromatic heterocycles. The second-order valence-electron chi connectivity index (χ2n) is 5.93. The molecule has 0 atom stereocenters. The molecular formula is C18H17ClN4S. The molecule has 1 aliphatic rings. The Hall–Kier alpha value is -1.95. The third-order valence-corrected chi connectivity index (χ3v) is 5.57. The number of rotatable bonds is 3. The van der Waals surface area contributed by atoms with Crippen LogP contribution in [0.5, 0.6) is 0 Å². The molecular weight excluding hydrogens is 340 g/mol. The van der Waals surface area contributed by atoms with Gasteiger partial charge in [0.25, 0.3) is 0 Å². The highest BCUT2D eigenvalue weighted by atomic mass is 35.5. The monoisotopic (exact) mass is 356 g/mol. The number of hydrogen-bond acceptors (Lipinski definition) is 5. The second kappa shape index (κ2) is 6.51. The SMILES string of the molecule is Nc1ncc2c(n1)CCN(Cc1ccc(-c3ccc(Cl)cc3)s1)C2. The first kappa shape index (κ1) is 15.6. The number of nitrogen functional groups attached to an aromatic ring is 1. The van der Waals surface area contributed by atoms with Crippen LogP contribution in [0.25, 0.3) is 10.4 Å². The lowest BCUT2D eigenvalue weighted by Gasteiger charge is -2.27. The lowest BCUT2D eigenvalue weighted by atomic mass is 10.1. The van der Waals surface area contributed by atoms with Gasteiger partial charge in [0, 0.05) is 52.6 Å². The van der Waals surface area contributed by atoms with Crippen LogP contribution in [0.4, 0.5) is 5.95 Å². The van der Waals surface area contributed by atoms with E-state index in [4.69, 9.17) is 17.3 Å². The number of fused-ring (bicyclic) bond motifs is 1. The van der Waals surface area contributed by atoms with Gasteiger partial charge in [-0.3, -0.25) is 4.90 Å². The van der Waals surface area contributed by atoms with Crippen molar-refractivity contribution >= 4 is 28.9 Å². The fraction of sp³-hybridized carbons (Fsp3) is 0.222. The Labute approximate surface area is 149 Å². The van der Waals surface area contributed by atoms with E-state index in [1.54, 1.807) is 0 Å². The fourth-order valence-corrected chi connectivity index (χ4v) is 4.16. The molecule has 0 fully saturated rings. The summed E-state index contributed by atoms with van der Waals surface area (Å²) in [6.07, 6.45) is 2.79. The maximum absolute atomic E-state index is 5.96. The first-order valence-electron chi connectivity index (χ1n) is 7.84. The zero-order chi connectivity index (χ0) is 16.5. The third kappa shape index (κ3) is 3.29. The highest BCUT2D eigenvalue weighted by Crippen LogP contribution is 2.30. The van der Waals surface area contributed by atoms with Crippen molar-refractivity contribution in [2.24, 2.45) is 0 Å². The molecule has 0 radical (unpaired) electrons. The van der Waals surface area contributed by atoms with Gasteiger partial charge < -0.3 is 5.73 Å². The number of hydrogen-bond donors (Lipinski definition) is 1. The summed E-state index contributed by atoms with van der Waals surface area (Å²) in [6, 6.07) is 12.4. The largest absolute Gasteiger partial charge is 0.368 e. The van der Waals surface area contributed by atoms with Crippen LogP contribution >= 0.6 is 22.9 Å². The van der Waals surface area contributed by atoms with Crippen molar-refractivity contribution in [2.75, 3.05) is 12.3 Å². The van der Waals surface area contributed by atoms with Crippen molar-refractivity contribution in [1.82, 2.24) is 14.9 Å². The van der Waals surface area contributed by atoms with Gasteiger partial charge in [-0.25, -0.2) is 9.97 Å². The Morgan fingerprint density at radius 2 is 2.00 bits per heavy atom. The molecule has 3 heterocycles. The lowest BCUT2D eigenvalue weighted by molar-refractivity contribution is 0.245. The Morgan fingerprint density at radius 1 is 1.17 bits per heavy atom. The molecule has 0 spiro atoms. The van der Waals surface area contributed by atoms with Gasteiger partial charge in [0.15, 0.2) is 0 Å². The van der Waals surface area contributed by atoms with Crippen LogP contribution in [-0.2, 0) is 19.5 Å². The topological polar surface area (TPSA) is 55.0 Å². The van der Waals surface area contributed by atoms with Gasteiger partial charge in [0.1, 0.15) is 0 Å². The molecule has 1 aromatic carbocycles. The molecule has 122 valence electrons. The zero-order valence-corrected chi connectivity index (χ0v) is 14.6. The average Bonchev–Trinajstić information content (AvgIpc) is 3.04. The van der Waals surface area contributed by atoms with Gasteiger partial charge in [-0.05, 0) is 29.8 Å². The Bertz CT molecular complexity index is 860. The van der Waals surface area contributed by atoms with E-state index in [1.165, 1.54) is 20.9 Å². The van der Waals surface area contributed by atoms with Crippen LogP contribution in [0, 0.1) is 0 Å². The number of anilines is 1. The van der Waals surface area contributed by atoms with Crippen molar-refractivity contribution in [3.63, 3.8) is 0 Å². The van der Waals surface area contributed by atoms with Crippen molar-refractivity contribution in [2.45, 2.75) is 19.5 Å². The second-order valence-corrected chi connectivity index (χ2v) is 7.54. The van der Waals surface area contributed by atoms with E-state index in [0.29, 0.717) is 5.95 Å². The highest BCUT2D eigenvalue weighted by molar-refractivity contribution is 7.15. The Morgan fingerprint density at radius 3 is 2.83 bits per heavy atom. The summed E-state index contributed by atoms with van der Waals surface area (Å²) in [5.41, 5.74) is 9.15. The first-order chi connectivity index (χ1) is 11.7. The normalized spacial score (nSPS) is 14.5. The molecule has 2 N–H and O–H groups in total. The zero-order valence-electron chi connectivity index (χ0n) is 13.1. The van der Waals surface area contributed by atoms with Crippen LogP contribution in [0.2, 0.25) is 5.02 Å². The number of aromatic nitrogens is 2. The molecule has 0 aliphatic carbocycles. The summed E-state index contributed by atoms with van der Waals surface area (Å²) >= 11 is 7.80. The molecule has 4 nitrogen and oxygen atoms in total. The van der Waals surface area contributed by atoms with Crippen molar-refractivity contribution in [3.8, 4) is 10.4 Å². The van der Waals surface area contributed by atoms with E-state index in [-0.39, 0.29) is 0 Å². The molecule has 0 saturated carbocycles. The smallest absolute Gasteiger partial charge is 0.220 e. The maximum atomic E-state index is 5.96. The summed E-state index contributed by atoms with van der Waals surface area (Å²) in [5, 5.41) is 0.769. The van der Waals surface area contributed by atoms with E-state index in [9.17, 15) is 0 Å². The van der Waals surface area contributed by atoms with Crippen LogP contribution in [0.1, 0.15) is 16.1 Å². The summed E-state index contributed by atoms with van der Waals surface area (Å²) in [5.74, 6) is 0.369. The van der Waals surface area contributed by atoms with Gasteiger partial charge in [-0.1, -0.05) is 23.7 Å². The molecule has 0 saturated heterocycles. The molecule has 1 aliphatic heterocycles. The number of thiophene rings is 1. The molecule has 0 amide bonds. The Balaban J connectivity index is 1.47. The number of nitrogens with two attached hydrogens (primary N) is 1. The average molecular weight is 357 g/mol. The Kier molecular flexibility index (Phi) is 4.22. The van der Waals surface area contributed by atoms with Gasteiger partial charge in [-0.2, -0.15) is 0 Å². The van der Waals surface area contributed by atoms with Crippen LogP contribution < -0.4 is 5.73 Å². The minimum atomic E-state index is 0.369. The van der Waals surface area contributed by atoms with Crippen LogP contribution in [0.15, 0.2) is 42.6 Å². The van der Waals surface area contributed by atoms with E-state index >= 15 is 0 Å². The third-order valence-electron chi connectivity index (χ3n) is 4.20. The minimum absolute atomic E-state index is 0.369. The maximum Gasteiger partial charge on any atom is 0.220 e. The quantitative estimate of drug-likeness (QED) is 0.770. The van der Waals surface area contributed by atoms with E-state index in [0.717, 1.165) is 36.8 Å². The molecule has 0 bridgehead atoms. The molecule has 24 heavy (non-hydrogen) atoms. The summed E-state index contributed by atoms with van der Waals surface area (Å²) in [7, 11) is 0. The predicted molar refractivity (Wildman–Crippen MR) is 99.0 cm³/mol. The van der Waals surface area contributed by atoms with E-state index in [2.05, 4.69) is 39.1 Å². The number of halogens is 1. The molecule has 3 aromatic rings. The molecule has 6 heteroatoms. The predicted octanol–water partition coefficient (Wildman–Crippen LogP) is 4.00. The van der Waals surface area contributed by atoms with E-state index in [1.807, 2.05) is 29.7 Å². The summed E-state index contributed by atoms with van der Waals surface area (Å²) in [4.78, 5) is 13.5. The first-order valence-corrected chi connectivity index (χ1v) is 9.04. The highest BCUT2D eigenvalue weighted by Gasteiger charge is 2.18. The minimum Gasteiger partial charge on any atom is -0.368 e. The molecule has 4 rings (SSSR count). The van der Waals surface area contributed by atoms with Gasteiger partial charge in [0.05, 0.1) is 5.69 Å². The summed E-state index contributed by atoms with van der Waals surface area (Å²) < 4.78 is 0. The standard InChI is InChI=1S/C18H17ClN4S/c19-14-3-1-12(2-4-14)17-6-5-15(24-17)11-23-8-7-16-13(10-23)9-21-18(20)22-16/h1-6,9H,7-8,10-11H2,(H2,20,21,22). The van der Waals surface area contributed by atoms with Gasteiger partial charge >= 0.3 is 0 Å². The van der Waals surface area contributed by atoms with Crippen LogP contribution in [0.3, 0.4) is 0 Å². The van der Waals surface area contributed by atoms with Gasteiger partial charge in [-0.15, -0.1) is 11.3 Å². The fourth-order valence-electron chi connectivity index (χ4n) is 2.98. The van der Waals surface area contributed by atoms with Crippen molar-refractivity contribution in [3.05, 3.63) is 63.8 Å².